The molecule has 0 aliphatic rings. The van der Waals surface area contributed by atoms with Crippen LogP contribution in [-0.2, 0) is 24.1 Å². The Kier molecular flexibility index (Phi) is 5.07. The molecule has 3 aromatic rings. The van der Waals surface area contributed by atoms with Crippen molar-refractivity contribution in [3.63, 3.8) is 0 Å². The van der Waals surface area contributed by atoms with Gasteiger partial charge in [0, 0.05) is 18.4 Å². The monoisotopic (exact) mass is 316 g/mol. The first-order valence-electron chi connectivity index (χ1n) is 8.11. The zero-order chi connectivity index (χ0) is 16.8. The maximum absolute atomic E-state index is 11.0. The van der Waals surface area contributed by atoms with Crippen molar-refractivity contribution in [2.75, 3.05) is 0 Å². The van der Waals surface area contributed by atoms with Gasteiger partial charge in [0.05, 0.1) is 0 Å². The molecule has 0 atom stereocenters. The zero-order valence-corrected chi connectivity index (χ0v) is 13.5. The van der Waals surface area contributed by atoms with Gasteiger partial charge in [-0.3, -0.25) is 0 Å². The Morgan fingerprint density at radius 3 is 1.83 bits per heavy atom. The highest BCUT2D eigenvalue weighted by Crippen LogP contribution is 2.28. The molecule has 0 heterocycles. The molecular formula is C22H20O2. The number of phenolic OH excluding ortho intramolecular Hbond substituents is 1. The Morgan fingerprint density at radius 2 is 1.25 bits per heavy atom. The summed E-state index contributed by atoms with van der Waals surface area (Å²) in [7, 11) is 0. The summed E-state index contributed by atoms with van der Waals surface area (Å²) in [6, 6.07) is 24.2. The molecule has 3 aromatic carbocycles. The standard InChI is InChI=1S/C22H20O2/c23-12-11-20-15-19(13-17-7-3-1-4-8-17)16-21(22(20)24)14-18-9-5-2-6-10-18/h1-10,12,15-16,24H,11,13-14H2. The molecule has 0 bridgehead atoms. The number of hydrogen-bond acceptors (Lipinski definition) is 2. The second-order valence-electron chi connectivity index (χ2n) is 5.96. The Morgan fingerprint density at radius 1 is 0.708 bits per heavy atom. The third kappa shape index (κ3) is 3.90. The minimum atomic E-state index is 0.232. The van der Waals surface area contributed by atoms with E-state index in [1.807, 2.05) is 60.7 Å². The molecule has 0 radical (unpaired) electrons. The molecule has 0 fully saturated rings. The van der Waals surface area contributed by atoms with Gasteiger partial charge in [-0.1, -0.05) is 72.8 Å². The van der Waals surface area contributed by atoms with Gasteiger partial charge >= 0.3 is 0 Å². The summed E-state index contributed by atoms with van der Waals surface area (Å²) in [4.78, 5) is 11.0. The summed E-state index contributed by atoms with van der Waals surface area (Å²) in [6.07, 6.45) is 2.51. The summed E-state index contributed by atoms with van der Waals surface area (Å²) in [5, 5.41) is 10.5. The van der Waals surface area contributed by atoms with Gasteiger partial charge in [0.2, 0.25) is 0 Å². The normalized spacial score (nSPS) is 10.5. The molecular weight excluding hydrogens is 296 g/mol. The SMILES string of the molecule is O=CCc1cc(Cc2ccccc2)cc(Cc2ccccc2)c1O. The maximum atomic E-state index is 11.0. The van der Waals surface area contributed by atoms with Crippen LogP contribution in [0.25, 0.3) is 0 Å². The second kappa shape index (κ2) is 7.60. The molecule has 0 spiro atoms. The van der Waals surface area contributed by atoms with Crippen molar-refractivity contribution >= 4 is 6.29 Å². The maximum Gasteiger partial charge on any atom is 0.124 e. The van der Waals surface area contributed by atoms with Crippen LogP contribution in [0, 0.1) is 0 Å². The van der Waals surface area contributed by atoms with E-state index in [-0.39, 0.29) is 12.2 Å². The number of benzene rings is 3. The summed E-state index contributed by atoms with van der Waals surface area (Å²) in [5.41, 5.74) is 5.03. The summed E-state index contributed by atoms with van der Waals surface area (Å²) >= 11 is 0. The minimum absolute atomic E-state index is 0.232. The average molecular weight is 316 g/mol. The summed E-state index contributed by atoms with van der Waals surface area (Å²) < 4.78 is 0. The van der Waals surface area contributed by atoms with E-state index in [9.17, 15) is 9.90 Å². The predicted octanol–water partition coefficient (Wildman–Crippen LogP) is 4.32. The van der Waals surface area contributed by atoms with Gasteiger partial charge in [0.15, 0.2) is 0 Å². The van der Waals surface area contributed by atoms with E-state index < -0.39 is 0 Å². The fraction of sp³-hybridized carbons (Fsp3) is 0.136. The summed E-state index contributed by atoms with van der Waals surface area (Å²) in [5.74, 6) is 0.239. The topological polar surface area (TPSA) is 37.3 Å². The third-order valence-electron chi connectivity index (χ3n) is 4.12. The van der Waals surface area contributed by atoms with Crippen LogP contribution in [-0.4, -0.2) is 11.4 Å². The van der Waals surface area contributed by atoms with Crippen LogP contribution in [0.5, 0.6) is 5.75 Å². The number of phenols is 1. The number of hydrogen-bond donors (Lipinski definition) is 1. The van der Waals surface area contributed by atoms with Crippen LogP contribution in [0.3, 0.4) is 0 Å². The van der Waals surface area contributed by atoms with E-state index >= 15 is 0 Å². The van der Waals surface area contributed by atoms with Crippen molar-refractivity contribution < 1.29 is 9.90 Å². The Hall–Kier alpha value is -2.87. The molecule has 0 amide bonds. The molecule has 3 rings (SSSR count). The van der Waals surface area contributed by atoms with Crippen molar-refractivity contribution in [2.24, 2.45) is 0 Å². The minimum Gasteiger partial charge on any atom is -0.507 e. The van der Waals surface area contributed by atoms with E-state index in [0.29, 0.717) is 12.0 Å². The van der Waals surface area contributed by atoms with E-state index in [1.165, 1.54) is 5.56 Å². The highest BCUT2D eigenvalue weighted by Gasteiger charge is 2.11. The lowest BCUT2D eigenvalue weighted by Gasteiger charge is -2.12. The molecule has 120 valence electrons. The fourth-order valence-electron chi connectivity index (χ4n) is 2.96. The molecule has 2 nitrogen and oxygen atoms in total. The molecule has 0 aromatic heterocycles. The van der Waals surface area contributed by atoms with Crippen LogP contribution in [0.4, 0.5) is 0 Å². The third-order valence-corrected chi connectivity index (χ3v) is 4.12. The number of aromatic hydroxyl groups is 1. The van der Waals surface area contributed by atoms with Crippen molar-refractivity contribution in [3.8, 4) is 5.75 Å². The summed E-state index contributed by atoms with van der Waals surface area (Å²) in [6.45, 7) is 0. The van der Waals surface area contributed by atoms with Crippen LogP contribution in [0.2, 0.25) is 0 Å². The lowest BCUT2D eigenvalue weighted by atomic mass is 9.94. The van der Waals surface area contributed by atoms with Gasteiger partial charge in [-0.05, 0) is 28.7 Å². The first kappa shape index (κ1) is 16.0. The van der Waals surface area contributed by atoms with Crippen LogP contribution in [0.15, 0.2) is 72.8 Å². The largest absolute Gasteiger partial charge is 0.507 e. The number of aldehydes is 1. The Balaban J connectivity index is 1.95. The van der Waals surface area contributed by atoms with Gasteiger partial charge in [-0.2, -0.15) is 0 Å². The molecule has 0 unspecified atom stereocenters. The van der Waals surface area contributed by atoms with Crippen LogP contribution < -0.4 is 0 Å². The quantitative estimate of drug-likeness (QED) is 0.688. The number of carbonyl (C=O) groups is 1. The smallest absolute Gasteiger partial charge is 0.124 e. The van der Waals surface area contributed by atoms with E-state index in [4.69, 9.17) is 0 Å². The molecule has 0 aliphatic heterocycles. The number of rotatable bonds is 6. The van der Waals surface area contributed by atoms with Crippen molar-refractivity contribution in [2.45, 2.75) is 19.3 Å². The van der Waals surface area contributed by atoms with Gasteiger partial charge < -0.3 is 9.90 Å². The van der Waals surface area contributed by atoms with E-state index in [0.717, 1.165) is 29.4 Å². The first-order chi connectivity index (χ1) is 11.8. The van der Waals surface area contributed by atoms with Crippen molar-refractivity contribution in [1.82, 2.24) is 0 Å². The highest BCUT2D eigenvalue weighted by atomic mass is 16.3. The van der Waals surface area contributed by atoms with Crippen molar-refractivity contribution in [1.29, 1.82) is 0 Å². The molecule has 24 heavy (non-hydrogen) atoms. The number of carbonyl (C=O) groups excluding carboxylic acids is 1. The van der Waals surface area contributed by atoms with Gasteiger partial charge in [0.25, 0.3) is 0 Å². The Labute approximate surface area is 142 Å². The highest BCUT2D eigenvalue weighted by molar-refractivity contribution is 5.60. The fourth-order valence-corrected chi connectivity index (χ4v) is 2.96. The van der Waals surface area contributed by atoms with Crippen LogP contribution in [0.1, 0.15) is 27.8 Å². The zero-order valence-electron chi connectivity index (χ0n) is 13.5. The molecule has 0 saturated heterocycles. The molecule has 0 saturated carbocycles. The first-order valence-corrected chi connectivity index (χ1v) is 8.11. The molecule has 0 aliphatic carbocycles. The van der Waals surface area contributed by atoms with E-state index in [1.54, 1.807) is 0 Å². The lowest BCUT2D eigenvalue weighted by Crippen LogP contribution is -1.98. The molecule has 1 N–H and O–H groups in total. The van der Waals surface area contributed by atoms with Gasteiger partial charge in [0.1, 0.15) is 12.0 Å². The van der Waals surface area contributed by atoms with Crippen LogP contribution >= 0.6 is 0 Å². The van der Waals surface area contributed by atoms with Crippen molar-refractivity contribution in [3.05, 3.63) is 101 Å². The second-order valence-corrected chi connectivity index (χ2v) is 5.96. The lowest BCUT2D eigenvalue weighted by molar-refractivity contribution is -0.107. The Bertz CT molecular complexity index is 808. The van der Waals surface area contributed by atoms with Gasteiger partial charge in [-0.25, -0.2) is 0 Å². The molecule has 2 heteroatoms. The van der Waals surface area contributed by atoms with E-state index in [2.05, 4.69) is 12.1 Å². The van der Waals surface area contributed by atoms with Gasteiger partial charge in [-0.15, -0.1) is 0 Å². The average Bonchev–Trinajstić information content (AvgIpc) is 2.61. The predicted molar refractivity (Wildman–Crippen MR) is 96.4 cm³/mol.